The molecule has 0 bridgehead atoms. The number of pyridine rings is 1. The zero-order valence-corrected chi connectivity index (χ0v) is 44.6. The summed E-state index contributed by atoms with van der Waals surface area (Å²) >= 11 is 1.67. The van der Waals surface area contributed by atoms with Gasteiger partial charge in [0.15, 0.2) is 0 Å². The number of aromatic nitrogens is 2. The maximum absolute atomic E-state index is 7.06. The molecular weight excluding hydrogens is 1040 g/mol. The van der Waals surface area contributed by atoms with E-state index >= 15 is 0 Å². The molecule has 0 N–H and O–H groups in total. The van der Waals surface area contributed by atoms with E-state index in [1.54, 1.807) is 11.3 Å². The van der Waals surface area contributed by atoms with E-state index in [-0.39, 0.29) is 37.3 Å². The number of hydrogen-bond donors (Lipinski definition) is 0. The fraction of sp³-hybridized carbons (Fsp3) is 0.238. The van der Waals surface area contributed by atoms with Gasteiger partial charge in [-0.25, -0.2) is 0 Å². The summed E-state index contributed by atoms with van der Waals surface area (Å²) in [4.78, 5) is 12.8. The second-order valence-electron chi connectivity index (χ2n) is 21.5. The standard InChI is InChI=1S/C63H59N3OS.Pt/c1-40-18-16-19-41(2)58(40)42-34-43(59-65-53-22-12-13-23-56(53)68-59)36-50(35-42)67-49-21-17-20-47(37-49)63(57-24-14-15-33-64-57)51-38-45(61(6,7)8)27-31-54(51)66(48-29-25-44(26-30-48)60(3,4)5)55-32-28-46(39-52(55)63)62(9,10)11;/h12-35,38-39H,1-11H3;/q-2;+2. The molecule has 0 unspecified atom stereocenters. The Morgan fingerprint density at radius 2 is 1.16 bits per heavy atom. The van der Waals surface area contributed by atoms with Crippen LogP contribution in [-0.4, -0.2) is 9.97 Å². The van der Waals surface area contributed by atoms with E-state index < -0.39 is 5.41 Å². The van der Waals surface area contributed by atoms with Crippen molar-refractivity contribution in [1.82, 2.24) is 9.97 Å². The van der Waals surface area contributed by atoms with E-state index in [9.17, 15) is 0 Å². The molecule has 0 amide bonds. The van der Waals surface area contributed by atoms with Gasteiger partial charge in [-0.1, -0.05) is 153 Å². The summed E-state index contributed by atoms with van der Waals surface area (Å²) < 4.78 is 8.20. The van der Waals surface area contributed by atoms with Crippen LogP contribution in [0.2, 0.25) is 0 Å². The molecule has 0 radical (unpaired) electrons. The van der Waals surface area contributed by atoms with Crippen LogP contribution in [-0.2, 0) is 42.7 Å². The first-order valence-electron chi connectivity index (χ1n) is 23.7. The molecule has 69 heavy (non-hydrogen) atoms. The number of thiazole rings is 1. The first-order chi connectivity index (χ1) is 32.4. The molecule has 3 heterocycles. The minimum atomic E-state index is -0.911. The van der Waals surface area contributed by atoms with Gasteiger partial charge in [0, 0.05) is 33.1 Å². The van der Waals surface area contributed by atoms with Crippen molar-refractivity contribution in [3.8, 4) is 33.2 Å². The molecule has 348 valence electrons. The first-order valence-corrected chi connectivity index (χ1v) is 24.5. The third-order valence-corrected chi connectivity index (χ3v) is 14.7. The molecule has 1 aliphatic heterocycles. The Kier molecular flexibility index (Phi) is 12.5. The zero-order valence-electron chi connectivity index (χ0n) is 41.5. The molecule has 7 aromatic carbocycles. The number of anilines is 3. The summed E-state index contributed by atoms with van der Waals surface area (Å²) in [5.41, 5.74) is 16.5. The van der Waals surface area contributed by atoms with Gasteiger partial charge in [0.2, 0.25) is 0 Å². The Bertz CT molecular complexity index is 3230. The smallest absolute Gasteiger partial charge is 0.503 e. The zero-order chi connectivity index (χ0) is 47.8. The maximum Gasteiger partial charge on any atom is 2.00 e. The van der Waals surface area contributed by atoms with Crippen molar-refractivity contribution in [2.75, 3.05) is 4.90 Å². The average Bonchev–Trinajstić information content (AvgIpc) is 3.75. The molecule has 0 fully saturated rings. The van der Waals surface area contributed by atoms with Crippen molar-refractivity contribution in [3.05, 3.63) is 220 Å². The molecule has 0 saturated carbocycles. The van der Waals surface area contributed by atoms with Crippen LogP contribution in [0.25, 0.3) is 31.9 Å². The normalized spacial score (nSPS) is 13.4. The van der Waals surface area contributed by atoms with Crippen LogP contribution in [0.3, 0.4) is 0 Å². The average molecular weight is 1100 g/mol. The predicted octanol–water partition coefficient (Wildman–Crippen LogP) is 17.1. The van der Waals surface area contributed by atoms with Gasteiger partial charge in [-0.3, -0.25) is 9.97 Å². The van der Waals surface area contributed by atoms with Crippen LogP contribution < -0.4 is 9.64 Å². The van der Waals surface area contributed by atoms with Crippen LogP contribution in [0, 0.1) is 26.0 Å². The summed E-state index contributed by atoms with van der Waals surface area (Å²) in [6.45, 7) is 24.9. The van der Waals surface area contributed by atoms with Gasteiger partial charge < -0.3 is 9.64 Å². The summed E-state index contributed by atoms with van der Waals surface area (Å²) in [5.74, 6) is 1.18. The molecule has 2 aromatic heterocycles. The molecule has 0 aliphatic carbocycles. The number of ether oxygens (including phenoxy) is 1. The summed E-state index contributed by atoms with van der Waals surface area (Å²) in [7, 11) is 0. The van der Waals surface area contributed by atoms with Gasteiger partial charge in [0.25, 0.3) is 0 Å². The molecule has 1 aliphatic rings. The monoisotopic (exact) mass is 1100 g/mol. The molecule has 0 atom stereocenters. The Labute approximate surface area is 427 Å². The summed E-state index contributed by atoms with van der Waals surface area (Å²) in [5, 5.41) is 0.897. The minimum Gasteiger partial charge on any atom is -0.503 e. The van der Waals surface area contributed by atoms with E-state index in [2.05, 4.69) is 227 Å². The Morgan fingerprint density at radius 3 is 1.75 bits per heavy atom. The van der Waals surface area contributed by atoms with Gasteiger partial charge in [0.05, 0.1) is 28.0 Å². The molecule has 0 saturated heterocycles. The maximum atomic E-state index is 7.06. The van der Waals surface area contributed by atoms with Crippen molar-refractivity contribution in [1.29, 1.82) is 0 Å². The van der Waals surface area contributed by atoms with Crippen molar-refractivity contribution in [3.63, 3.8) is 0 Å². The van der Waals surface area contributed by atoms with Crippen molar-refractivity contribution >= 4 is 38.6 Å². The Hall–Kier alpha value is -6.13. The Balaban J connectivity index is 0.00000593. The predicted molar refractivity (Wildman–Crippen MR) is 285 cm³/mol. The fourth-order valence-corrected chi connectivity index (χ4v) is 10.8. The second kappa shape index (κ2) is 18.0. The largest absolute Gasteiger partial charge is 2.00 e. The molecule has 9 aromatic rings. The third-order valence-electron chi connectivity index (χ3n) is 13.6. The van der Waals surface area contributed by atoms with Crippen LogP contribution in [0.5, 0.6) is 11.5 Å². The molecule has 0 spiro atoms. The summed E-state index contributed by atoms with van der Waals surface area (Å²) in [6.07, 6.45) is 1.92. The third kappa shape index (κ3) is 8.79. The van der Waals surface area contributed by atoms with E-state index in [0.29, 0.717) is 11.5 Å². The van der Waals surface area contributed by atoms with E-state index in [1.165, 1.54) is 33.4 Å². The number of rotatable bonds is 7. The van der Waals surface area contributed by atoms with Gasteiger partial charge in [0.1, 0.15) is 0 Å². The number of aryl methyl sites for hydroxylation is 2. The van der Waals surface area contributed by atoms with E-state index in [1.807, 2.05) is 24.4 Å². The number of para-hydroxylation sites is 1. The van der Waals surface area contributed by atoms with E-state index in [4.69, 9.17) is 14.7 Å². The van der Waals surface area contributed by atoms with Crippen LogP contribution >= 0.6 is 11.3 Å². The molecule has 10 rings (SSSR count). The first kappa shape index (κ1) is 47.9. The Morgan fingerprint density at radius 1 is 0.565 bits per heavy atom. The minimum absolute atomic E-state index is 0. The molecule has 6 heteroatoms. The number of benzene rings is 7. The summed E-state index contributed by atoms with van der Waals surface area (Å²) in [6, 6.07) is 62.5. The van der Waals surface area contributed by atoms with Crippen molar-refractivity contribution < 1.29 is 25.8 Å². The quantitative estimate of drug-likeness (QED) is 0.149. The second-order valence-corrected chi connectivity index (χ2v) is 22.5. The van der Waals surface area contributed by atoms with Crippen molar-refractivity contribution in [2.24, 2.45) is 0 Å². The van der Waals surface area contributed by atoms with Gasteiger partial charge in [-0.05, 0) is 123 Å². The SMILES string of the molecule is Cc1cccc(C)c1-c1cc(Oc2[c-]c(C3(c4ccccn4)c4cc(C(C)(C)C)ccc4N(c4ccc(C(C)(C)C)cc4)c4ccc(C(C)(C)C)cc43)ccc2)[c-]c(-c2nc3ccccc3s2)c1.[Pt+2]. The number of nitrogens with zero attached hydrogens (tertiary/aromatic N) is 3. The topological polar surface area (TPSA) is 38.2 Å². The van der Waals surface area contributed by atoms with Crippen LogP contribution in [0.4, 0.5) is 17.1 Å². The van der Waals surface area contributed by atoms with Gasteiger partial charge in [-0.15, -0.1) is 29.3 Å². The number of fused-ring (bicyclic) bond motifs is 3. The van der Waals surface area contributed by atoms with E-state index in [0.717, 1.165) is 65.8 Å². The molecule has 4 nitrogen and oxygen atoms in total. The molecular formula is C63H59N3OPtS. The van der Waals surface area contributed by atoms with Gasteiger partial charge >= 0.3 is 21.1 Å². The fourth-order valence-electron chi connectivity index (χ4n) is 9.91. The van der Waals surface area contributed by atoms with Gasteiger partial charge in [-0.2, -0.15) is 23.5 Å². The van der Waals surface area contributed by atoms with Crippen molar-refractivity contribution in [2.45, 2.75) is 97.8 Å². The number of hydrogen-bond acceptors (Lipinski definition) is 5. The van der Waals surface area contributed by atoms with Crippen LogP contribution in [0.15, 0.2) is 158 Å². The van der Waals surface area contributed by atoms with Crippen LogP contribution in [0.1, 0.15) is 113 Å².